The Morgan fingerprint density at radius 1 is 1.53 bits per heavy atom. The molecule has 2 atom stereocenters. The van der Waals surface area contributed by atoms with Crippen molar-refractivity contribution in [2.45, 2.75) is 38.9 Å². The van der Waals surface area contributed by atoms with Crippen molar-refractivity contribution >= 4 is 5.91 Å². The second-order valence-corrected chi connectivity index (χ2v) is 5.12. The van der Waals surface area contributed by atoms with E-state index in [1.54, 1.807) is 0 Å². The third kappa shape index (κ3) is 3.55. The van der Waals surface area contributed by atoms with Crippen LogP contribution in [0.1, 0.15) is 35.6 Å². The van der Waals surface area contributed by atoms with E-state index in [1.807, 2.05) is 32.0 Å². The van der Waals surface area contributed by atoms with Gasteiger partial charge in [-0.3, -0.25) is 4.79 Å². The molecule has 2 N–H and O–H groups in total. The Labute approximate surface area is 113 Å². The predicted octanol–water partition coefficient (Wildman–Crippen LogP) is 1.63. The van der Waals surface area contributed by atoms with Crippen molar-refractivity contribution in [3.8, 4) is 0 Å². The Balaban J connectivity index is 1.91. The van der Waals surface area contributed by atoms with E-state index in [-0.39, 0.29) is 18.6 Å². The number of aliphatic hydroxyl groups excluding tert-OH is 1. The Bertz CT molecular complexity index is 453. The number of hydrogen-bond donors (Lipinski definition) is 2. The van der Waals surface area contributed by atoms with E-state index in [4.69, 9.17) is 4.74 Å². The van der Waals surface area contributed by atoms with Crippen LogP contribution in [0.4, 0.5) is 0 Å². The van der Waals surface area contributed by atoms with Gasteiger partial charge in [-0.2, -0.15) is 0 Å². The molecule has 0 spiro atoms. The molecule has 0 saturated carbocycles. The van der Waals surface area contributed by atoms with Gasteiger partial charge in [0.2, 0.25) is 5.91 Å². The number of carbonyl (C=O) groups excluding carboxylic acids is 1. The summed E-state index contributed by atoms with van der Waals surface area (Å²) in [6.07, 6.45) is 0.680. The first-order chi connectivity index (χ1) is 9.08. The highest BCUT2D eigenvalue weighted by Gasteiger charge is 2.24. The van der Waals surface area contributed by atoms with Crippen LogP contribution in [0.5, 0.6) is 0 Å². The van der Waals surface area contributed by atoms with Gasteiger partial charge in [0, 0.05) is 13.2 Å². The molecule has 2 rings (SSSR count). The van der Waals surface area contributed by atoms with Gasteiger partial charge >= 0.3 is 0 Å². The summed E-state index contributed by atoms with van der Waals surface area (Å²) < 4.78 is 5.30. The number of ether oxygens (including phenoxy) is 1. The highest BCUT2D eigenvalue weighted by Crippen LogP contribution is 2.19. The van der Waals surface area contributed by atoms with Gasteiger partial charge in [0.05, 0.1) is 6.10 Å². The number of benzene rings is 1. The average molecular weight is 263 g/mol. The summed E-state index contributed by atoms with van der Waals surface area (Å²) in [5.74, 6) is -0.123. The van der Waals surface area contributed by atoms with Gasteiger partial charge in [-0.25, -0.2) is 0 Å². The van der Waals surface area contributed by atoms with Gasteiger partial charge in [0.1, 0.15) is 6.10 Å². The fourth-order valence-corrected chi connectivity index (χ4v) is 2.32. The number of hydrogen-bond acceptors (Lipinski definition) is 3. The van der Waals surface area contributed by atoms with Crippen molar-refractivity contribution in [3.05, 3.63) is 34.9 Å². The first-order valence-electron chi connectivity index (χ1n) is 6.72. The standard InChI is InChI=1S/C15H21NO3/c1-10-5-6-11(2)12(8-10)13(17)9-16-15(18)14-4-3-7-19-14/h5-6,8,13-14,17H,3-4,7,9H2,1-2H3,(H,16,18). The highest BCUT2D eigenvalue weighted by molar-refractivity contribution is 5.81. The van der Waals surface area contributed by atoms with Crippen LogP contribution in [0.3, 0.4) is 0 Å². The van der Waals surface area contributed by atoms with Gasteiger partial charge in [0.25, 0.3) is 0 Å². The van der Waals surface area contributed by atoms with E-state index in [1.165, 1.54) is 0 Å². The Morgan fingerprint density at radius 2 is 2.32 bits per heavy atom. The van der Waals surface area contributed by atoms with Crippen LogP contribution in [0, 0.1) is 13.8 Å². The Hall–Kier alpha value is -1.39. The minimum absolute atomic E-state index is 0.123. The molecule has 1 saturated heterocycles. The third-order valence-electron chi connectivity index (χ3n) is 3.49. The molecule has 4 nitrogen and oxygen atoms in total. The van der Waals surface area contributed by atoms with Gasteiger partial charge in [-0.1, -0.05) is 23.8 Å². The van der Waals surface area contributed by atoms with Crippen molar-refractivity contribution < 1.29 is 14.6 Å². The lowest BCUT2D eigenvalue weighted by Gasteiger charge is -2.17. The molecule has 1 aliphatic rings. The molecule has 0 radical (unpaired) electrons. The molecule has 1 heterocycles. The van der Waals surface area contributed by atoms with Crippen molar-refractivity contribution in [3.63, 3.8) is 0 Å². The number of aryl methyl sites for hydroxylation is 2. The molecule has 0 bridgehead atoms. The molecule has 2 unspecified atom stereocenters. The number of carbonyl (C=O) groups is 1. The van der Waals surface area contributed by atoms with Crippen LogP contribution in [0.15, 0.2) is 18.2 Å². The van der Waals surface area contributed by atoms with Crippen LogP contribution >= 0.6 is 0 Å². The van der Waals surface area contributed by atoms with E-state index in [9.17, 15) is 9.90 Å². The van der Waals surface area contributed by atoms with Gasteiger partial charge in [0.15, 0.2) is 0 Å². The summed E-state index contributed by atoms with van der Waals surface area (Å²) in [5.41, 5.74) is 3.00. The fraction of sp³-hybridized carbons (Fsp3) is 0.533. The lowest BCUT2D eigenvalue weighted by molar-refractivity contribution is -0.130. The van der Waals surface area contributed by atoms with E-state index in [0.717, 1.165) is 29.5 Å². The van der Waals surface area contributed by atoms with Crippen molar-refractivity contribution in [2.75, 3.05) is 13.2 Å². The lowest BCUT2D eigenvalue weighted by atomic mass is 10.0. The van der Waals surface area contributed by atoms with E-state index in [2.05, 4.69) is 5.32 Å². The summed E-state index contributed by atoms with van der Waals surface area (Å²) in [6, 6.07) is 5.95. The molecule has 0 aromatic heterocycles. The monoisotopic (exact) mass is 263 g/mol. The zero-order valence-corrected chi connectivity index (χ0v) is 11.5. The van der Waals surface area contributed by atoms with E-state index < -0.39 is 6.10 Å². The van der Waals surface area contributed by atoms with Crippen LogP contribution in [-0.2, 0) is 9.53 Å². The molecule has 4 heteroatoms. The SMILES string of the molecule is Cc1ccc(C)c(C(O)CNC(=O)C2CCCO2)c1. The maximum Gasteiger partial charge on any atom is 0.249 e. The fourth-order valence-electron chi connectivity index (χ4n) is 2.32. The van der Waals surface area contributed by atoms with Crippen LogP contribution in [-0.4, -0.2) is 30.3 Å². The third-order valence-corrected chi connectivity index (χ3v) is 3.49. The van der Waals surface area contributed by atoms with Crippen molar-refractivity contribution in [1.29, 1.82) is 0 Å². The molecule has 1 aromatic rings. The first kappa shape index (κ1) is 14.0. The summed E-state index contributed by atoms with van der Waals surface area (Å²) in [4.78, 5) is 11.8. The summed E-state index contributed by atoms with van der Waals surface area (Å²) >= 11 is 0. The normalized spacial score (nSPS) is 20.3. The molecule has 1 amide bonds. The lowest BCUT2D eigenvalue weighted by Crippen LogP contribution is -2.36. The molecular formula is C15H21NO3. The topological polar surface area (TPSA) is 58.6 Å². The largest absolute Gasteiger partial charge is 0.387 e. The van der Waals surface area contributed by atoms with Crippen LogP contribution in [0.2, 0.25) is 0 Å². The van der Waals surface area contributed by atoms with Gasteiger partial charge in [-0.05, 0) is 37.8 Å². The summed E-state index contributed by atoms with van der Waals surface area (Å²) in [6.45, 7) is 4.82. The predicted molar refractivity (Wildman–Crippen MR) is 72.9 cm³/mol. The van der Waals surface area contributed by atoms with Gasteiger partial charge in [-0.15, -0.1) is 0 Å². The van der Waals surface area contributed by atoms with Gasteiger partial charge < -0.3 is 15.2 Å². The number of rotatable bonds is 4. The maximum absolute atomic E-state index is 11.8. The average Bonchev–Trinajstić information content (AvgIpc) is 2.92. The zero-order valence-electron chi connectivity index (χ0n) is 11.5. The number of nitrogens with one attached hydrogen (secondary N) is 1. The first-order valence-corrected chi connectivity index (χ1v) is 6.72. The Kier molecular flexibility index (Phi) is 4.56. The molecule has 1 aromatic carbocycles. The van der Waals surface area contributed by atoms with E-state index in [0.29, 0.717) is 6.61 Å². The smallest absolute Gasteiger partial charge is 0.249 e. The molecule has 1 fully saturated rings. The van der Waals surface area contributed by atoms with E-state index >= 15 is 0 Å². The molecule has 1 aliphatic heterocycles. The van der Waals surface area contributed by atoms with Crippen LogP contribution in [0.25, 0.3) is 0 Å². The molecule has 19 heavy (non-hydrogen) atoms. The van der Waals surface area contributed by atoms with Crippen LogP contribution < -0.4 is 5.32 Å². The minimum atomic E-state index is -0.676. The maximum atomic E-state index is 11.8. The molecule has 104 valence electrons. The van der Waals surface area contributed by atoms with Crippen molar-refractivity contribution in [1.82, 2.24) is 5.32 Å². The summed E-state index contributed by atoms with van der Waals surface area (Å²) in [7, 11) is 0. The Morgan fingerprint density at radius 3 is 3.00 bits per heavy atom. The summed E-state index contributed by atoms with van der Waals surface area (Å²) in [5, 5.41) is 12.9. The molecule has 0 aliphatic carbocycles. The number of aliphatic hydroxyl groups is 1. The van der Waals surface area contributed by atoms with Crippen molar-refractivity contribution in [2.24, 2.45) is 0 Å². The quantitative estimate of drug-likeness (QED) is 0.868. The highest BCUT2D eigenvalue weighted by atomic mass is 16.5. The zero-order chi connectivity index (χ0) is 13.8. The number of amides is 1. The second-order valence-electron chi connectivity index (χ2n) is 5.12. The second kappa shape index (κ2) is 6.17. The molecular weight excluding hydrogens is 242 g/mol. The minimum Gasteiger partial charge on any atom is -0.387 e.